The Morgan fingerprint density at radius 1 is 1.29 bits per heavy atom. The summed E-state index contributed by atoms with van der Waals surface area (Å²) < 4.78 is 5.60. The van der Waals surface area contributed by atoms with E-state index in [0.717, 1.165) is 32.1 Å². The lowest BCUT2D eigenvalue weighted by Crippen LogP contribution is -2.45. The van der Waals surface area contributed by atoms with Crippen molar-refractivity contribution in [3.8, 4) is 0 Å². The lowest BCUT2D eigenvalue weighted by atomic mass is 10.1. The normalized spacial score (nSPS) is 26.9. The third kappa shape index (κ3) is 4.70. The number of urea groups is 1. The number of imide groups is 1. The zero-order chi connectivity index (χ0) is 12.8. The molecule has 98 valence electrons. The van der Waals surface area contributed by atoms with Gasteiger partial charge in [-0.2, -0.15) is 0 Å². The molecule has 0 aliphatic heterocycles. The van der Waals surface area contributed by atoms with Crippen LogP contribution in [0.25, 0.3) is 0 Å². The Labute approximate surface area is 101 Å². The molecule has 0 aromatic carbocycles. The van der Waals surface area contributed by atoms with Gasteiger partial charge in [-0.05, 0) is 19.8 Å². The van der Waals surface area contributed by atoms with Gasteiger partial charge < -0.3 is 16.2 Å². The summed E-state index contributed by atoms with van der Waals surface area (Å²) in [6, 6.07) is -0.906. The maximum absolute atomic E-state index is 11.4. The number of nitrogens with two attached hydrogens (primary N) is 2. The van der Waals surface area contributed by atoms with Gasteiger partial charge in [-0.1, -0.05) is 19.3 Å². The van der Waals surface area contributed by atoms with E-state index < -0.39 is 18.0 Å². The average Bonchev–Trinajstić information content (AvgIpc) is 2.43. The summed E-state index contributed by atoms with van der Waals surface area (Å²) in [5, 5.41) is 2.00. The molecule has 1 saturated carbocycles. The van der Waals surface area contributed by atoms with Crippen LogP contribution in [0.4, 0.5) is 4.79 Å². The largest absolute Gasteiger partial charge is 0.364 e. The predicted molar refractivity (Wildman–Crippen MR) is 63.1 cm³/mol. The molecule has 0 bridgehead atoms. The van der Waals surface area contributed by atoms with Crippen LogP contribution in [-0.4, -0.2) is 30.2 Å². The number of primary amides is 1. The number of hydrogen-bond donors (Lipinski definition) is 3. The van der Waals surface area contributed by atoms with Gasteiger partial charge in [0.1, 0.15) is 6.10 Å². The first-order valence-electron chi connectivity index (χ1n) is 6.02. The smallest absolute Gasteiger partial charge is 0.318 e. The van der Waals surface area contributed by atoms with Crippen molar-refractivity contribution in [3.05, 3.63) is 0 Å². The number of nitrogens with one attached hydrogen (secondary N) is 1. The zero-order valence-electron chi connectivity index (χ0n) is 10.1. The Morgan fingerprint density at radius 3 is 2.59 bits per heavy atom. The van der Waals surface area contributed by atoms with Crippen molar-refractivity contribution in [2.45, 2.75) is 57.3 Å². The summed E-state index contributed by atoms with van der Waals surface area (Å²) in [7, 11) is 0. The summed E-state index contributed by atoms with van der Waals surface area (Å²) in [6.07, 6.45) is 4.24. The second-order valence-electron chi connectivity index (χ2n) is 4.47. The summed E-state index contributed by atoms with van der Waals surface area (Å²) >= 11 is 0. The first-order valence-corrected chi connectivity index (χ1v) is 6.02. The maximum Gasteiger partial charge on any atom is 0.318 e. The molecule has 17 heavy (non-hydrogen) atoms. The first-order chi connectivity index (χ1) is 8.00. The lowest BCUT2D eigenvalue weighted by molar-refractivity contribution is -0.135. The minimum absolute atomic E-state index is 0.0404. The number of carbonyl (C=O) groups excluding carboxylic acids is 2. The van der Waals surface area contributed by atoms with E-state index in [1.165, 1.54) is 0 Å². The number of carbonyl (C=O) groups is 2. The van der Waals surface area contributed by atoms with E-state index in [1.807, 2.05) is 5.32 Å². The van der Waals surface area contributed by atoms with Gasteiger partial charge in [0, 0.05) is 6.04 Å². The Bertz CT molecular complexity index is 283. The molecule has 1 aliphatic carbocycles. The van der Waals surface area contributed by atoms with Crippen molar-refractivity contribution >= 4 is 11.9 Å². The molecule has 1 aliphatic rings. The molecule has 5 N–H and O–H groups in total. The Morgan fingerprint density at radius 2 is 1.94 bits per heavy atom. The molecule has 3 atom stereocenters. The molecule has 1 rings (SSSR count). The van der Waals surface area contributed by atoms with E-state index in [-0.39, 0.29) is 12.1 Å². The molecule has 3 unspecified atom stereocenters. The summed E-state index contributed by atoms with van der Waals surface area (Å²) in [5.41, 5.74) is 10.8. The molecule has 1 fully saturated rings. The highest BCUT2D eigenvalue weighted by molar-refractivity contribution is 5.95. The van der Waals surface area contributed by atoms with Gasteiger partial charge in [0.25, 0.3) is 5.91 Å². The zero-order valence-corrected chi connectivity index (χ0v) is 10.1. The van der Waals surface area contributed by atoms with E-state index in [4.69, 9.17) is 16.2 Å². The minimum Gasteiger partial charge on any atom is -0.364 e. The summed E-state index contributed by atoms with van der Waals surface area (Å²) in [5.74, 6) is -0.519. The van der Waals surface area contributed by atoms with Crippen molar-refractivity contribution < 1.29 is 14.3 Å². The molecule has 0 aromatic rings. The highest BCUT2D eigenvalue weighted by Gasteiger charge is 2.25. The fourth-order valence-electron chi connectivity index (χ4n) is 2.02. The number of ether oxygens (including phenoxy) is 1. The second-order valence-corrected chi connectivity index (χ2v) is 4.47. The van der Waals surface area contributed by atoms with Crippen LogP contribution in [0.5, 0.6) is 0 Å². The number of rotatable bonds is 3. The van der Waals surface area contributed by atoms with Gasteiger partial charge in [-0.3, -0.25) is 10.1 Å². The average molecular weight is 243 g/mol. The van der Waals surface area contributed by atoms with Gasteiger partial charge >= 0.3 is 6.03 Å². The molecular formula is C11H21N3O3. The van der Waals surface area contributed by atoms with Gasteiger partial charge in [0.05, 0.1) is 6.10 Å². The van der Waals surface area contributed by atoms with Gasteiger partial charge in [0.2, 0.25) is 0 Å². The molecule has 6 heteroatoms. The molecule has 0 spiro atoms. The van der Waals surface area contributed by atoms with E-state index >= 15 is 0 Å². The highest BCUT2D eigenvalue weighted by atomic mass is 16.5. The van der Waals surface area contributed by atoms with Crippen molar-refractivity contribution in [2.75, 3.05) is 0 Å². The molecular weight excluding hydrogens is 222 g/mol. The highest BCUT2D eigenvalue weighted by Crippen LogP contribution is 2.20. The quantitative estimate of drug-likeness (QED) is 0.617. The third-order valence-electron chi connectivity index (χ3n) is 3.00. The Hall–Kier alpha value is -1.14. The molecule has 0 aromatic heterocycles. The van der Waals surface area contributed by atoms with Crippen molar-refractivity contribution in [3.63, 3.8) is 0 Å². The Kier molecular flexibility index (Phi) is 5.37. The van der Waals surface area contributed by atoms with Crippen LogP contribution in [-0.2, 0) is 9.53 Å². The minimum atomic E-state index is -0.865. The van der Waals surface area contributed by atoms with E-state index in [1.54, 1.807) is 6.92 Å². The van der Waals surface area contributed by atoms with Gasteiger partial charge in [-0.15, -0.1) is 0 Å². The fourth-order valence-corrected chi connectivity index (χ4v) is 2.02. The van der Waals surface area contributed by atoms with Crippen molar-refractivity contribution in [2.24, 2.45) is 11.5 Å². The number of hydrogen-bond acceptors (Lipinski definition) is 4. The monoisotopic (exact) mass is 243 g/mol. The molecule has 0 heterocycles. The lowest BCUT2D eigenvalue weighted by Gasteiger charge is -2.24. The summed E-state index contributed by atoms with van der Waals surface area (Å²) in [4.78, 5) is 22.0. The van der Waals surface area contributed by atoms with Crippen LogP contribution >= 0.6 is 0 Å². The topological polar surface area (TPSA) is 107 Å². The molecule has 3 amide bonds. The van der Waals surface area contributed by atoms with Crippen LogP contribution in [0.3, 0.4) is 0 Å². The van der Waals surface area contributed by atoms with Crippen LogP contribution in [0.2, 0.25) is 0 Å². The third-order valence-corrected chi connectivity index (χ3v) is 3.00. The predicted octanol–water partition coefficient (Wildman–Crippen LogP) is 0.246. The van der Waals surface area contributed by atoms with Gasteiger partial charge in [0.15, 0.2) is 0 Å². The standard InChI is InChI=1S/C11H21N3O3/c1-7(10(15)14-11(13)16)17-9-6-4-2-3-5-8(9)12/h7-9H,2-6,12H2,1H3,(H3,13,14,15,16). The molecule has 6 nitrogen and oxygen atoms in total. The van der Waals surface area contributed by atoms with Crippen LogP contribution < -0.4 is 16.8 Å². The fraction of sp³-hybridized carbons (Fsp3) is 0.818. The van der Waals surface area contributed by atoms with E-state index in [9.17, 15) is 9.59 Å². The first kappa shape index (κ1) is 13.9. The van der Waals surface area contributed by atoms with Crippen LogP contribution in [0.1, 0.15) is 39.0 Å². The van der Waals surface area contributed by atoms with Crippen LogP contribution in [0.15, 0.2) is 0 Å². The van der Waals surface area contributed by atoms with E-state index in [0.29, 0.717) is 0 Å². The van der Waals surface area contributed by atoms with Gasteiger partial charge in [-0.25, -0.2) is 4.79 Å². The Balaban J connectivity index is 2.45. The number of amides is 3. The SMILES string of the molecule is CC(OC1CCCCCC1N)C(=O)NC(N)=O. The molecule has 0 radical (unpaired) electrons. The summed E-state index contributed by atoms with van der Waals surface area (Å²) in [6.45, 7) is 1.59. The van der Waals surface area contributed by atoms with Crippen molar-refractivity contribution in [1.29, 1.82) is 0 Å². The van der Waals surface area contributed by atoms with Crippen molar-refractivity contribution in [1.82, 2.24) is 5.32 Å². The second kappa shape index (κ2) is 6.56. The van der Waals surface area contributed by atoms with E-state index in [2.05, 4.69) is 0 Å². The van der Waals surface area contributed by atoms with Crippen LogP contribution in [0, 0.1) is 0 Å². The maximum atomic E-state index is 11.4. The molecule has 0 saturated heterocycles.